The molecule has 0 N–H and O–H groups in total. The molecule has 0 aromatic heterocycles. The molecule has 9 rings (SSSR count). The van der Waals surface area contributed by atoms with Crippen molar-refractivity contribution in [3.8, 4) is 22.3 Å². The Morgan fingerprint density at radius 1 is 0.308 bits per heavy atom. The van der Waals surface area contributed by atoms with Gasteiger partial charge in [0.2, 0.25) is 0 Å². The number of para-hydroxylation sites is 3. The molecule has 0 amide bonds. The van der Waals surface area contributed by atoms with Gasteiger partial charge < -0.3 is 9.80 Å². The van der Waals surface area contributed by atoms with Crippen LogP contribution in [-0.4, -0.2) is 0 Å². The summed E-state index contributed by atoms with van der Waals surface area (Å²) in [5, 5.41) is -2.23. The van der Waals surface area contributed by atoms with Crippen LogP contribution in [0.2, 0.25) is 0 Å². The zero-order chi connectivity index (χ0) is 53.8. The Bertz CT molecular complexity index is 3740. The van der Waals surface area contributed by atoms with Gasteiger partial charge in [0.15, 0.2) is 0 Å². The van der Waals surface area contributed by atoms with Crippen molar-refractivity contribution in [3.63, 3.8) is 0 Å². The van der Waals surface area contributed by atoms with Crippen LogP contribution < -0.4 is 9.80 Å². The average molecular weight is 687 g/mol. The molecule has 52 heavy (non-hydrogen) atoms. The molecule has 0 aliphatic heterocycles. The normalized spacial score (nSPS) is 17.0. The van der Waals surface area contributed by atoms with Crippen molar-refractivity contribution in [2.45, 2.75) is 0 Å². The number of hydrogen-bond donors (Lipinski definition) is 0. The van der Waals surface area contributed by atoms with E-state index in [0.29, 0.717) is 4.90 Å². The van der Waals surface area contributed by atoms with Gasteiger partial charge in [-0.15, -0.1) is 0 Å². The third-order valence-corrected chi connectivity index (χ3v) is 8.21. The summed E-state index contributed by atoms with van der Waals surface area (Å²) >= 11 is 0. The zero-order valence-corrected chi connectivity index (χ0v) is 27.0. The number of fused-ring (bicyclic) bond motifs is 3. The average Bonchev–Trinajstić information content (AvgIpc) is 3.40. The molecule has 0 aliphatic rings. The zero-order valence-electron chi connectivity index (χ0n) is 49.0. The van der Waals surface area contributed by atoms with E-state index < -0.39 is 188 Å². The van der Waals surface area contributed by atoms with Crippen LogP contribution >= 0.6 is 0 Å². The molecule has 0 bridgehead atoms. The number of hydrogen-bond acceptors (Lipinski definition) is 2. The summed E-state index contributed by atoms with van der Waals surface area (Å²) < 4.78 is 201. The molecule has 0 radical (unpaired) electrons. The highest BCUT2D eigenvalue weighted by Gasteiger charge is 2.20. The van der Waals surface area contributed by atoms with Gasteiger partial charge in [0, 0.05) is 34.1 Å². The minimum atomic E-state index is -1.07. The van der Waals surface area contributed by atoms with E-state index in [1.54, 1.807) is 54.6 Å². The Morgan fingerprint density at radius 2 is 0.788 bits per heavy atom. The van der Waals surface area contributed by atoms with Crippen LogP contribution in [0.3, 0.4) is 0 Å². The summed E-state index contributed by atoms with van der Waals surface area (Å²) in [6.45, 7) is 0. The second-order valence-corrected chi connectivity index (χ2v) is 11.3. The second kappa shape index (κ2) is 13.8. The summed E-state index contributed by atoms with van der Waals surface area (Å²) in [4.78, 5) is 1.94. The second-order valence-electron chi connectivity index (χ2n) is 11.3. The Hall–Kier alpha value is -6.90. The van der Waals surface area contributed by atoms with Gasteiger partial charge >= 0.3 is 0 Å². The van der Waals surface area contributed by atoms with E-state index in [9.17, 15) is 13.7 Å². The smallest absolute Gasteiger partial charge is 0.0667 e. The number of benzene rings is 9. The number of rotatable bonds is 8. The summed E-state index contributed by atoms with van der Waals surface area (Å²) in [7, 11) is 0. The fraction of sp³-hybridized carbons (Fsp3) is 0. The predicted molar refractivity (Wildman–Crippen MR) is 222 cm³/mol. The van der Waals surface area contributed by atoms with Crippen LogP contribution in [0.1, 0.15) is 30.2 Å². The molecule has 2 heteroatoms. The molecule has 0 heterocycles. The fourth-order valence-corrected chi connectivity index (χ4v) is 5.91. The summed E-state index contributed by atoms with van der Waals surface area (Å²) in [5.41, 5.74) is -2.72. The van der Waals surface area contributed by atoms with Gasteiger partial charge in [0.1, 0.15) is 0 Å². The van der Waals surface area contributed by atoms with E-state index in [1.807, 2.05) is 30.3 Å². The molecule has 0 unspecified atom stereocenters. The van der Waals surface area contributed by atoms with Crippen molar-refractivity contribution in [1.29, 1.82) is 0 Å². The first-order chi connectivity index (χ1) is 35.0. The standard InChI is InChI=1S/C50H36N2/c1-5-17-37(18-6-1)38-29-31-44(32-30-38)52(43-24-11-4-12-25-43)46-34-40(50-35-39-19-13-14-26-47(39)48-27-15-16-28-49(48)50)33-45(36-46)51(41-20-7-2-8-21-41)42-22-9-3-10-23-42/h1-36H/i2D,3D,7D,8D,9D,10D,13D,14D,15D,16D,19D,20D,21D,22D,23D,26D,27D,28D,33D,34D,35D,36D. The Labute approximate surface area is 336 Å². The largest absolute Gasteiger partial charge is 0.310 e. The number of nitrogens with zero attached hydrogens (tertiary/aromatic N) is 2. The van der Waals surface area contributed by atoms with E-state index in [4.69, 9.17) is 16.4 Å². The van der Waals surface area contributed by atoms with Crippen molar-refractivity contribution in [1.82, 2.24) is 0 Å². The SMILES string of the molecule is [2H]c1c([2H])c([2H])c(N(c2c([2H])c([2H])c([2H])c([2H])c2[2H])c2c([2H])c(-c3c([2H])c4c([2H])c([2H])c([2H])c([2H])c4c4c([2H])c([2H])c([2H])c([2H])c34)c([2H])c(N(c3ccccc3)c3ccc(-c4ccccc4)cc3)c2[2H])c([2H])c1[2H]. The molecule has 0 saturated carbocycles. The van der Waals surface area contributed by atoms with Crippen molar-refractivity contribution < 1.29 is 30.2 Å². The third kappa shape index (κ3) is 5.97. The van der Waals surface area contributed by atoms with Crippen LogP contribution in [0.5, 0.6) is 0 Å². The number of anilines is 6. The van der Waals surface area contributed by atoms with Crippen molar-refractivity contribution in [2.24, 2.45) is 0 Å². The molecule has 0 saturated heterocycles. The molecular weight excluding hydrogens is 629 g/mol. The molecule has 0 spiro atoms. The first-order valence-corrected chi connectivity index (χ1v) is 16.0. The Morgan fingerprint density at radius 3 is 1.42 bits per heavy atom. The highest BCUT2D eigenvalue weighted by atomic mass is 15.2. The van der Waals surface area contributed by atoms with Crippen molar-refractivity contribution >= 4 is 55.7 Å². The van der Waals surface area contributed by atoms with E-state index >= 15 is 0 Å². The van der Waals surface area contributed by atoms with Gasteiger partial charge in [-0.25, -0.2) is 0 Å². The van der Waals surface area contributed by atoms with E-state index in [-0.39, 0.29) is 11.4 Å². The highest BCUT2D eigenvalue weighted by Crippen LogP contribution is 2.45. The molecule has 9 aromatic carbocycles. The highest BCUT2D eigenvalue weighted by molar-refractivity contribution is 6.14. The predicted octanol–water partition coefficient (Wildman–Crippen LogP) is 14.3. The maximum atomic E-state index is 10.3. The maximum absolute atomic E-state index is 10.3. The molecule has 0 fully saturated rings. The fourth-order valence-electron chi connectivity index (χ4n) is 5.91. The van der Waals surface area contributed by atoms with Crippen LogP contribution in [0.25, 0.3) is 43.8 Å². The first kappa shape index (κ1) is 15.6. The molecule has 2 nitrogen and oxygen atoms in total. The van der Waals surface area contributed by atoms with Crippen molar-refractivity contribution in [3.05, 3.63) is 218 Å². The molecule has 0 aliphatic carbocycles. The third-order valence-electron chi connectivity index (χ3n) is 8.21. The topological polar surface area (TPSA) is 6.48 Å². The lowest BCUT2D eigenvalue weighted by molar-refractivity contribution is 1.25. The van der Waals surface area contributed by atoms with Gasteiger partial charge in [0.05, 0.1) is 30.2 Å². The molecule has 0 atom stereocenters. The maximum Gasteiger partial charge on any atom is 0.0667 e. The Balaban J connectivity index is 1.59. The molecular formula is C50H36N2. The lowest BCUT2D eigenvalue weighted by Gasteiger charge is -2.30. The van der Waals surface area contributed by atoms with Crippen molar-refractivity contribution in [2.75, 3.05) is 9.80 Å². The van der Waals surface area contributed by atoms with Crippen LogP contribution in [0, 0.1) is 0 Å². The van der Waals surface area contributed by atoms with Gasteiger partial charge in [-0.1, -0.05) is 145 Å². The lowest BCUT2D eigenvalue weighted by atomic mass is 9.92. The van der Waals surface area contributed by atoms with Crippen LogP contribution in [0.15, 0.2) is 218 Å². The van der Waals surface area contributed by atoms with Gasteiger partial charge in [-0.05, 0) is 116 Å². The van der Waals surface area contributed by atoms with E-state index in [0.717, 1.165) is 11.1 Å². The van der Waals surface area contributed by atoms with E-state index in [2.05, 4.69) is 0 Å². The lowest BCUT2D eigenvalue weighted by Crippen LogP contribution is -2.13. The van der Waals surface area contributed by atoms with Gasteiger partial charge in [-0.3, -0.25) is 0 Å². The summed E-state index contributed by atoms with van der Waals surface area (Å²) in [5.74, 6) is 0. The van der Waals surface area contributed by atoms with E-state index in [1.165, 1.54) is 4.90 Å². The summed E-state index contributed by atoms with van der Waals surface area (Å²) in [6, 6.07) is 3.95. The van der Waals surface area contributed by atoms with Crippen LogP contribution in [-0.2, 0) is 0 Å². The monoisotopic (exact) mass is 686 g/mol. The molecule has 9 aromatic rings. The minimum absolute atomic E-state index is 0.232. The quantitative estimate of drug-likeness (QED) is 0.147. The van der Waals surface area contributed by atoms with Crippen LogP contribution in [0.4, 0.5) is 34.1 Å². The van der Waals surface area contributed by atoms with Gasteiger partial charge in [0.25, 0.3) is 0 Å². The first-order valence-electron chi connectivity index (χ1n) is 27.0. The minimum Gasteiger partial charge on any atom is -0.310 e. The molecule has 246 valence electrons. The summed E-state index contributed by atoms with van der Waals surface area (Å²) in [6.07, 6.45) is 0. The Kier molecular flexibility index (Phi) is 4.12. The van der Waals surface area contributed by atoms with Gasteiger partial charge in [-0.2, -0.15) is 0 Å².